The van der Waals surface area contributed by atoms with Gasteiger partial charge in [-0.25, -0.2) is 0 Å². The third kappa shape index (κ3) is 3.15. The summed E-state index contributed by atoms with van der Waals surface area (Å²) in [6.07, 6.45) is 2.95. The van der Waals surface area contributed by atoms with Crippen LogP contribution in [0.15, 0.2) is 24.3 Å². The van der Waals surface area contributed by atoms with Gasteiger partial charge in [0, 0.05) is 24.8 Å². The number of nitrogen functional groups attached to an aromatic ring is 1. The molecule has 1 aromatic rings. The number of likely N-dealkylation sites (tertiary alicyclic amines) is 1. The third-order valence-electron chi connectivity index (χ3n) is 3.19. The molecule has 0 radical (unpaired) electrons. The van der Waals surface area contributed by atoms with Gasteiger partial charge in [0.05, 0.1) is 0 Å². The number of nitrogens with zero attached hydrogens (tertiary/aromatic N) is 1. The van der Waals surface area contributed by atoms with Crippen LogP contribution in [0.4, 0.5) is 5.69 Å². The van der Waals surface area contributed by atoms with Crippen LogP contribution in [-0.4, -0.2) is 30.0 Å². The van der Waals surface area contributed by atoms with E-state index in [4.69, 9.17) is 10.5 Å². The van der Waals surface area contributed by atoms with Crippen molar-refractivity contribution in [2.75, 3.05) is 18.8 Å². The average Bonchev–Trinajstić information content (AvgIpc) is 2.39. The van der Waals surface area contributed by atoms with Crippen molar-refractivity contribution in [3.63, 3.8) is 0 Å². The van der Waals surface area contributed by atoms with Gasteiger partial charge >= 0.3 is 0 Å². The second-order valence-electron chi connectivity index (χ2n) is 4.72. The molecule has 1 fully saturated rings. The number of anilines is 1. The standard InChI is InChI=1S/C14H20N2O2/c1-11(14(17)16-8-3-2-4-9-16)18-13-7-5-6-12(15)10-13/h5-7,10-11H,2-4,8-9,15H2,1H3/t11-/m1/s1. The monoisotopic (exact) mass is 248 g/mol. The Labute approximate surface area is 108 Å². The molecular formula is C14H20N2O2. The number of benzene rings is 1. The molecule has 0 unspecified atom stereocenters. The number of carbonyl (C=O) groups is 1. The van der Waals surface area contributed by atoms with Gasteiger partial charge in [0.25, 0.3) is 5.91 Å². The fourth-order valence-electron chi connectivity index (χ4n) is 2.21. The van der Waals surface area contributed by atoms with E-state index in [1.165, 1.54) is 6.42 Å². The van der Waals surface area contributed by atoms with Crippen molar-refractivity contribution in [2.24, 2.45) is 0 Å². The topological polar surface area (TPSA) is 55.6 Å². The molecule has 0 spiro atoms. The molecule has 0 saturated carbocycles. The van der Waals surface area contributed by atoms with Crippen LogP contribution in [-0.2, 0) is 4.79 Å². The summed E-state index contributed by atoms with van der Waals surface area (Å²) in [5.41, 5.74) is 6.32. The first-order valence-electron chi connectivity index (χ1n) is 6.48. The van der Waals surface area contributed by atoms with Gasteiger partial charge in [-0.05, 0) is 38.3 Å². The zero-order chi connectivity index (χ0) is 13.0. The van der Waals surface area contributed by atoms with Crippen LogP contribution in [0, 0.1) is 0 Å². The Hall–Kier alpha value is -1.71. The van der Waals surface area contributed by atoms with Gasteiger partial charge < -0.3 is 15.4 Å². The molecule has 4 nitrogen and oxygen atoms in total. The van der Waals surface area contributed by atoms with Gasteiger partial charge in [-0.1, -0.05) is 6.07 Å². The summed E-state index contributed by atoms with van der Waals surface area (Å²) < 4.78 is 5.64. The number of carbonyl (C=O) groups excluding carboxylic acids is 1. The fraction of sp³-hybridized carbons (Fsp3) is 0.500. The molecule has 1 heterocycles. The van der Waals surface area contributed by atoms with Crippen LogP contribution < -0.4 is 10.5 Å². The summed E-state index contributed by atoms with van der Waals surface area (Å²) in [6, 6.07) is 7.17. The van der Waals surface area contributed by atoms with E-state index in [1.807, 2.05) is 17.0 Å². The second-order valence-corrected chi connectivity index (χ2v) is 4.72. The van der Waals surface area contributed by atoms with Crippen LogP contribution in [0.3, 0.4) is 0 Å². The number of hydrogen-bond donors (Lipinski definition) is 1. The summed E-state index contributed by atoms with van der Waals surface area (Å²) in [7, 11) is 0. The minimum absolute atomic E-state index is 0.0668. The maximum absolute atomic E-state index is 12.2. The lowest BCUT2D eigenvalue weighted by atomic mass is 10.1. The van der Waals surface area contributed by atoms with Crippen molar-refractivity contribution in [3.05, 3.63) is 24.3 Å². The minimum atomic E-state index is -0.454. The first-order valence-corrected chi connectivity index (χ1v) is 6.48. The molecule has 0 aliphatic carbocycles. The number of ether oxygens (including phenoxy) is 1. The number of piperidine rings is 1. The molecule has 1 amide bonds. The van der Waals surface area contributed by atoms with E-state index >= 15 is 0 Å². The molecule has 0 bridgehead atoms. The zero-order valence-corrected chi connectivity index (χ0v) is 10.8. The third-order valence-corrected chi connectivity index (χ3v) is 3.19. The van der Waals surface area contributed by atoms with Crippen molar-refractivity contribution in [1.82, 2.24) is 4.90 Å². The first-order chi connectivity index (χ1) is 8.66. The maximum Gasteiger partial charge on any atom is 0.263 e. The van der Waals surface area contributed by atoms with Crippen molar-refractivity contribution in [2.45, 2.75) is 32.3 Å². The number of hydrogen-bond acceptors (Lipinski definition) is 3. The fourth-order valence-corrected chi connectivity index (χ4v) is 2.21. The van der Waals surface area contributed by atoms with Crippen molar-refractivity contribution < 1.29 is 9.53 Å². The van der Waals surface area contributed by atoms with E-state index < -0.39 is 6.10 Å². The van der Waals surface area contributed by atoms with E-state index in [0.29, 0.717) is 11.4 Å². The summed E-state index contributed by atoms with van der Waals surface area (Å²) in [4.78, 5) is 14.0. The Balaban J connectivity index is 1.94. The number of nitrogens with two attached hydrogens (primary N) is 1. The summed E-state index contributed by atoms with van der Waals surface area (Å²) in [6.45, 7) is 3.49. The van der Waals surface area contributed by atoms with Crippen LogP contribution >= 0.6 is 0 Å². The van der Waals surface area contributed by atoms with E-state index in [0.717, 1.165) is 25.9 Å². The quantitative estimate of drug-likeness (QED) is 0.833. The van der Waals surface area contributed by atoms with Gasteiger partial charge in [0.1, 0.15) is 5.75 Å². The normalized spacial score (nSPS) is 17.3. The Bertz CT molecular complexity index is 414. The van der Waals surface area contributed by atoms with Crippen LogP contribution in [0.2, 0.25) is 0 Å². The summed E-state index contributed by atoms with van der Waals surface area (Å²) in [5.74, 6) is 0.713. The predicted molar refractivity (Wildman–Crippen MR) is 71.4 cm³/mol. The molecule has 2 rings (SSSR count). The molecule has 1 atom stereocenters. The van der Waals surface area contributed by atoms with Crippen LogP contribution in [0.5, 0.6) is 5.75 Å². The molecule has 4 heteroatoms. The van der Waals surface area contributed by atoms with E-state index in [-0.39, 0.29) is 5.91 Å². The number of amides is 1. The second kappa shape index (κ2) is 5.76. The van der Waals surface area contributed by atoms with Crippen molar-refractivity contribution in [1.29, 1.82) is 0 Å². The summed E-state index contributed by atoms with van der Waals surface area (Å²) >= 11 is 0. The van der Waals surface area contributed by atoms with Gasteiger partial charge in [-0.15, -0.1) is 0 Å². The highest BCUT2D eigenvalue weighted by Crippen LogP contribution is 2.17. The van der Waals surface area contributed by atoms with Gasteiger partial charge in [0.15, 0.2) is 6.10 Å². The Morgan fingerprint density at radius 3 is 2.72 bits per heavy atom. The first kappa shape index (κ1) is 12.7. The molecule has 98 valence electrons. The highest BCUT2D eigenvalue weighted by molar-refractivity contribution is 5.81. The SMILES string of the molecule is C[C@@H](Oc1cccc(N)c1)C(=O)N1CCCCC1. The van der Waals surface area contributed by atoms with E-state index in [9.17, 15) is 4.79 Å². The maximum atomic E-state index is 12.2. The molecule has 18 heavy (non-hydrogen) atoms. The Kier molecular flexibility index (Phi) is 4.07. The van der Waals surface area contributed by atoms with Gasteiger partial charge in [0.2, 0.25) is 0 Å². The van der Waals surface area contributed by atoms with Crippen LogP contribution in [0.1, 0.15) is 26.2 Å². The highest BCUT2D eigenvalue weighted by Gasteiger charge is 2.23. The zero-order valence-electron chi connectivity index (χ0n) is 10.8. The van der Waals surface area contributed by atoms with E-state index in [2.05, 4.69) is 0 Å². The van der Waals surface area contributed by atoms with E-state index in [1.54, 1.807) is 19.1 Å². The molecular weight excluding hydrogens is 228 g/mol. The lowest BCUT2D eigenvalue weighted by Crippen LogP contribution is -2.43. The van der Waals surface area contributed by atoms with Crippen LogP contribution in [0.25, 0.3) is 0 Å². The lowest BCUT2D eigenvalue weighted by Gasteiger charge is -2.29. The Morgan fingerprint density at radius 2 is 2.06 bits per heavy atom. The average molecular weight is 248 g/mol. The van der Waals surface area contributed by atoms with Gasteiger partial charge in [-0.3, -0.25) is 4.79 Å². The predicted octanol–water partition coefficient (Wildman–Crippen LogP) is 2.05. The number of rotatable bonds is 3. The molecule has 1 aliphatic rings. The van der Waals surface area contributed by atoms with Crippen molar-refractivity contribution in [3.8, 4) is 5.75 Å². The largest absolute Gasteiger partial charge is 0.481 e. The van der Waals surface area contributed by atoms with Crippen molar-refractivity contribution >= 4 is 11.6 Å². The molecule has 1 aliphatic heterocycles. The molecule has 0 aromatic heterocycles. The minimum Gasteiger partial charge on any atom is -0.481 e. The Morgan fingerprint density at radius 1 is 1.33 bits per heavy atom. The molecule has 2 N–H and O–H groups in total. The molecule has 1 saturated heterocycles. The lowest BCUT2D eigenvalue weighted by molar-refractivity contribution is -0.138. The highest BCUT2D eigenvalue weighted by atomic mass is 16.5. The smallest absolute Gasteiger partial charge is 0.263 e. The summed E-state index contributed by atoms with van der Waals surface area (Å²) in [5, 5.41) is 0. The molecule has 1 aromatic carbocycles. The van der Waals surface area contributed by atoms with Gasteiger partial charge in [-0.2, -0.15) is 0 Å².